The number of hydrogen-bond donors (Lipinski definition) is 0. The van der Waals surface area contributed by atoms with Crippen LogP contribution < -0.4 is 4.74 Å². The third kappa shape index (κ3) is 5.06. The predicted octanol–water partition coefficient (Wildman–Crippen LogP) is 4.50. The third-order valence-electron chi connectivity index (χ3n) is 3.33. The van der Waals surface area contributed by atoms with E-state index in [4.69, 9.17) is 9.47 Å². The standard InChI is InChI=1S/C19H26O3/c1-13(2)7-9-15-11-17(19(20)22-6)12-16(18(15)21-5)10-8-14(3)4/h7-8,11-12H,9-10H2,1-6H3. The molecule has 0 N–H and O–H groups in total. The molecule has 0 fully saturated rings. The molecule has 1 aromatic carbocycles. The van der Waals surface area contributed by atoms with Crippen LogP contribution in [0.25, 0.3) is 0 Å². The van der Waals surface area contributed by atoms with Gasteiger partial charge in [0.15, 0.2) is 0 Å². The number of hydrogen-bond acceptors (Lipinski definition) is 3. The fourth-order valence-electron chi connectivity index (χ4n) is 2.18. The van der Waals surface area contributed by atoms with E-state index in [9.17, 15) is 4.79 Å². The second-order valence-electron chi connectivity index (χ2n) is 5.79. The molecule has 0 bridgehead atoms. The van der Waals surface area contributed by atoms with Gasteiger partial charge in [0.1, 0.15) is 5.75 Å². The monoisotopic (exact) mass is 302 g/mol. The van der Waals surface area contributed by atoms with Gasteiger partial charge in [0, 0.05) is 0 Å². The first-order valence-electron chi connectivity index (χ1n) is 7.43. The van der Waals surface area contributed by atoms with Gasteiger partial charge in [0.25, 0.3) is 0 Å². The number of methoxy groups -OCH3 is 2. The molecule has 3 heteroatoms. The lowest BCUT2D eigenvalue weighted by Crippen LogP contribution is -2.06. The first-order valence-corrected chi connectivity index (χ1v) is 7.43. The van der Waals surface area contributed by atoms with Crippen molar-refractivity contribution >= 4 is 5.97 Å². The SMILES string of the molecule is COC(=O)c1cc(CC=C(C)C)c(OC)c(CC=C(C)C)c1. The number of benzene rings is 1. The summed E-state index contributed by atoms with van der Waals surface area (Å²) in [6.45, 7) is 8.23. The molecule has 0 saturated heterocycles. The van der Waals surface area contributed by atoms with Crippen LogP contribution in [0.15, 0.2) is 35.4 Å². The molecule has 0 aliphatic heterocycles. The van der Waals surface area contributed by atoms with Gasteiger partial charge in [-0.15, -0.1) is 0 Å². The van der Waals surface area contributed by atoms with Crippen molar-refractivity contribution in [3.63, 3.8) is 0 Å². The van der Waals surface area contributed by atoms with Crippen LogP contribution in [0.1, 0.15) is 49.2 Å². The fourth-order valence-corrected chi connectivity index (χ4v) is 2.18. The highest BCUT2D eigenvalue weighted by Gasteiger charge is 2.15. The number of esters is 1. The molecule has 0 spiro atoms. The summed E-state index contributed by atoms with van der Waals surface area (Å²) in [5, 5.41) is 0. The van der Waals surface area contributed by atoms with Gasteiger partial charge < -0.3 is 9.47 Å². The van der Waals surface area contributed by atoms with Crippen LogP contribution in [0, 0.1) is 0 Å². The Morgan fingerprint density at radius 2 is 1.41 bits per heavy atom. The fraction of sp³-hybridized carbons (Fsp3) is 0.421. The molecular weight excluding hydrogens is 276 g/mol. The van der Waals surface area contributed by atoms with Crippen LogP contribution in [0.3, 0.4) is 0 Å². The van der Waals surface area contributed by atoms with E-state index in [-0.39, 0.29) is 5.97 Å². The van der Waals surface area contributed by atoms with E-state index in [1.807, 2.05) is 12.1 Å². The molecule has 0 amide bonds. The second kappa shape index (κ2) is 8.42. The lowest BCUT2D eigenvalue weighted by molar-refractivity contribution is 0.0600. The molecule has 0 unspecified atom stereocenters. The highest BCUT2D eigenvalue weighted by Crippen LogP contribution is 2.28. The number of ether oxygens (including phenoxy) is 2. The average molecular weight is 302 g/mol. The van der Waals surface area contributed by atoms with Crippen molar-refractivity contribution in [2.45, 2.75) is 40.5 Å². The topological polar surface area (TPSA) is 35.5 Å². The Morgan fingerprint density at radius 1 is 0.955 bits per heavy atom. The van der Waals surface area contributed by atoms with E-state index in [0.29, 0.717) is 5.56 Å². The van der Waals surface area contributed by atoms with Crippen LogP contribution in [-0.4, -0.2) is 20.2 Å². The van der Waals surface area contributed by atoms with Crippen molar-refractivity contribution in [2.75, 3.05) is 14.2 Å². The van der Waals surface area contributed by atoms with Crippen molar-refractivity contribution in [2.24, 2.45) is 0 Å². The Bertz CT molecular complexity index is 546. The zero-order chi connectivity index (χ0) is 16.7. The van der Waals surface area contributed by atoms with Crippen LogP contribution in [-0.2, 0) is 17.6 Å². The Labute approximate surface area is 133 Å². The number of allylic oxidation sites excluding steroid dienone is 4. The van der Waals surface area contributed by atoms with E-state index in [1.165, 1.54) is 18.3 Å². The lowest BCUT2D eigenvalue weighted by atomic mass is 9.98. The van der Waals surface area contributed by atoms with E-state index >= 15 is 0 Å². The summed E-state index contributed by atoms with van der Waals surface area (Å²) in [4.78, 5) is 11.9. The lowest BCUT2D eigenvalue weighted by Gasteiger charge is -2.14. The van der Waals surface area contributed by atoms with E-state index in [2.05, 4.69) is 39.8 Å². The van der Waals surface area contributed by atoms with Gasteiger partial charge in [-0.1, -0.05) is 23.3 Å². The Balaban J connectivity index is 3.38. The molecular formula is C19H26O3. The molecule has 0 aliphatic rings. The van der Waals surface area contributed by atoms with Gasteiger partial charge in [-0.3, -0.25) is 0 Å². The minimum Gasteiger partial charge on any atom is -0.496 e. The highest BCUT2D eigenvalue weighted by molar-refractivity contribution is 5.90. The molecule has 1 rings (SSSR count). The predicted molar refractivity (Wildman–Crippen MR) is 90.6 cm³/mol. The normalized spacial score (nSPS) is 9.91. The van der Waals surface area contributed by atoms with Crippen LogP contribution >= 0.6 is 0 Å². The molecule has 0 atom stereocenters. The van der Waals surface area contributed by atoms with Gasteiger partial charge in [-0.25, -0.2) is 4.79 Å². The van der Waals surface area contributed by atoms with E-state index in [1.54, 1.807) is 7.11 Å². The zero-order valence-electron chi connectivity index (χ0n) is 14.4. The third-order valence-corrected chi connectivity index (χ3v) is 3.33. The minimum atomic E-state index is -0.320. The first kappa shape index (κ1) is 18.0. The molecule has 0 aliphatic carbocycles. The van der Waals surface area contributed by atoms with Gasteiger partial charge in [-0.05, 0) is 63.8 Å². The van der Waals surface area contributed by atoms with Crippen molar-refractivity contribution in [1.29, 1.82) is 0 Å². The maximum absolute atomic E-state index is 11.9. The number of rotatable bonds is 6. The van der Waals surface area contributed by atoms with E-state index < -0.39 is 0 Å². The van der Waals surface area contributed by atoms with Crippen molar-refractivity contribution < 1.29 is 14.3 Å². The molecule has 0 radical (unpaired) electrons. The summed E-state index contributed by atoms with van der Waals surface area (Å²) >= 11 is 0. The summed E-state index contributed by atoms with van der Waals surface area (Å²) < 4.78 is 10.5. The zero-order valence-corrected chi connectivity index (χ0v) is 14.4. The molecule has 1 aromatic rings. The summed E-state index contributed by atoms with van der Waals surface area (Å²) in [6.07, 6.45) is 5.73. The summed E-state index contributed by atoms with van der Waals surface area (Å²) in [5.41, 5.74) is 5.04. The maximum Gasteiger partial charge on any atom is 0.337 e. The quantitative estimate of drug-likeness (QED) is 0.573. The van der Waals surface area contributed by atoms with Crippen molar-refractivity contribution in [3.05, 3.63) is 52.1 Å². The first-order chi connectivity index (χ1) is 10.4. The van der Waals surface area contributed by atoms with Crippen LogP contribution in [0.2, 0.25) is 0 Å². The van der Waals surface area contributed by atoms with Crippen molar-refractivity contribution in [3.8, 4) is 5.75 Å². The Morgan fingerprint density at radius 3 is 1.73 bits per heavy atom. The Hall–Kier alpha value is -2.03. The summed E-state index contributed by atoms with van der Waals surface area (Å²) in [5.74, 6) is 0.530. The molecule has 22 heavy (non-hydrogen) atoms. The van der Waals surface area contributed by atoms with E-state index in [0.717, 1.165) is 29.7 Å². The van der Waals surface area contributed by atoms with Gasteiger partial charge >= 0.3 is 5.97 Å². The number of carbonyl (C=O) groups excluding carboxylic acids is 1. The van der Waals surface area contributed by atoms with Crippen LogP contribution in [0.5, 0.6) is 5.75 Å². The highest BCUT2D eigenvalue weighted by atomic mass is 16.5. The summed E-state index contributed by atoms with van der Waals surface area (Å²) in [7, 11) is 3.07. The molecule has 120 valence electrons. The average Bonchev–Trinajstić information content (AvgIpc) is 2.49. The number of carbonyl (C=O) groups is 1. The largest absolute Gasteiger partial charge is 0.496 e. The van der Waals surface area contributed by atoms with Crippen molar-refractivity contribution in [1.82, 2.24) is 0 Å². The molecule has 0 saturated carbocycles. The second-order valence-corrected chi connectivity index (χ2v) is 5.79. The van der Waals surface area contributed by atoms with Gasteiger partial charge in [0.2, 0.25) is 0 Å². The Kier molecular flexibility index (Phi) is 6.90. The minimum absolute atomic E-state index is 0.320. The molecule has 3 nitrogen and oxygen atoms in total. The van der Waals surface area contributed by atoms with Gasteiger partial charge in [0.05, 0.1) is 19.8 Å². The summed E-state index contributed by atoms with van der Waals surface area (Å²) in [6, 6.07) is 3.71. The maximum atomic E-state index is 11.9. The van der Waals surface area contributed by atoms with Gasteiger partial charge in [-0.2, -0.15) is 0 Å². The smallest absolute Gasteiger partial charge is 0.337 e. The molecule has 0 aromatic heterocycles. The van der Waals surface area contributed by atoms with Crippen LogP contribution in [0.4, 0.5) is 0 Å². The molecule has 0 heterocycles.